The van der Waals surface area contributed by atoms with Crippen molar-refractivity contribution in [2.24, 2.45) is 0 Å². The number of aromatic nitrogens is 2. The zero-order chi connectivity index (χ0) is 20.1. The molecule has 27 heavy (non-hydrogen) atoms. The number of thioether (sulfide) groups is 1. The summed E-state index contributed by atoms with van der Waals surface area (Å²) in [6, 6.07) is 4.05. The van der Waals surface area contributed by atoms with Crippen molar-refractivity contribution in [3.63, 3.8) is 0 Å². The Balaban J connectivity index is 2.08. The van der Waals surface area contributed by atoms with Gasteiger partial charge in [0.2, 0.25) is 5.91 Å². The van der Waals surface area contributed by atoms with Gasteiger partial charge in [-0.25, -0.2) is 14.8 Å². The highest BCUT2D eigenvalue weighted by atomic mass is 32.2. The second-order valence-corrected chi connectivity index (χ2v) is 7.50. The van der Waals surface area contributed by atoms with Crippen LogP contribution in [-0.2, 0) is 9.53 Å². The first-order valence-corrected chi connectivity index (χ1v) is 9.45. The molecule has 1 atom stereocenters. The van der Waals surface area contributed by atoms with Crippen LogP contribution in [0.5, 0.6) is 0 Å². The largest absolute Gasteiger partial charge is 0.462 e. The van der Waals surface area contributed by atoms with Crippen molar-refractivity contribution in [1.82, 2.24) is 9.97 Å². The van der Waals surface area contributed by atoms with Gasteiger partial charge in [0.05, 0.1) is 11.9 Å². The van der Waals surface area contributed by atoms with Gasteiger partial charge in [-0.1, -0.05) is 29.5 Å². The summed E-state index contributed by atoms with van der Waals surface area (Å²) in [5.41, 5.74) is 9.92. The van der Waals surface area contributed by atoms with Crippen molar-refractivity contribution in [1.29, 1.82) is 0 Å². The second kappa shape index (κ2) is 8.85. The normalized spacial score (nSPS) is 11.7. The van der Waals surface area contributed by atoms with Gasteiger partial charge in [0, 0.05) is 11.9 Å². The van der Waals surface area contributed by atoms with Gasteiger partial charge >= 0.3 is 5.97 Å². The Kier molecular flexibility index (Phi) is 6.79. The lowest BCUT2D eigenvalue weighted by Crippen LogP contribution is -2.24. The summed E-state index contributed by atoms with van der Waals surface area (Å²) in [7, 11) is 0. The van der Waals surface area contributed by atoms with Gasteiger partial charge in [-0.15, -0.1) is 0 Å². The lowest BCUT2D eigenvalue weighted by molar-refractivity contribution is -0.115. The van der Waals surface area contributed by atoms with E-state index in [-0.39, 0.29) is 23.9 Å². The molecule has 1 aromatic heterocycles. The van der Waals surface area contributed by atoms with E-state index in [4.69, 9.17) is 10.5 Å². The van der Waals surface area contributed by atoms with Gasteiger partial charge in [0.1, 0.15) is 11.4 Å². The highest BCUT2D eigenvalue weighted by Crippen LogP contribution is 2.26. The molecule has 8 heteroatoms. The smallest absolute Gasteiger partial charge is 0.343 e. The fraction of sp³-hybridized carbons (Fsp3) is 0.368. The van der Waals surface area contributed by atoms with Crippen LogP contribution in [0, 0.1) is 20.8 Å². The van der Waals surface area contributed by atoms with Gasteiger partial charge < -0.3 is 15.8 Å². The number of ether oxygens (including phenoxy) is 1. The summed E-state index contributed by atoms with van der Waals surface area (Å²) in [4.78, 5) is 32.5. The highest BCUT2D eigenvalue weighted by Gasteiger charge is 2.20. The predicted molar refractivity (Wildman–Crippen MR) is 107 cm³/mol. The maximum Gasteiger partial charge on any atom is 0.343 e. The van der Waals surface area contributed by atoms with Crippen LogP contribution >= 0.6 is 11.8 Å². The van der Waals surface area contributed by atoms with E-state index in [1.807, 2.05) is 32.9 Å². The SMILES string of the molecule is CCOC(=O)c1cnc(SC(C)C(=O)Nc2c(C)cc(C)cc2C)nc1N. The van der Waals surface area contributed by atoms with Crippen molar-refractivity contribution in [3.8, 4) is 0 Å². The third-order valence-corrected chi connectivity index (χ3v) is 4.84. The second-order valence-electron chi connectivity index (χ2n) is 6.20. The maximum absolute atomic E-state index is 12.6. The molecule has 0 saturated heterocycles. The molecule has 2 rings (SSSR count). The Morgan fingerprint density at radius 1 is 1.26 bits per heavy atom. The summed E-state index contributed by atoms with van der Waals surface area (Å²) >= 11 is 1.17. The number of nitrogens with zero attached hydrogens (tertiary/aromatic N) is 2. The molecule has 0 spiro atoms. The minimum Gasteiger partial charge on any atom is -0.462 e. The van der Waals surface area contributed by atoms with E-state index in [2.05, 4.69) is 15.3 Å². The summed E-state index contributed by atoms with van der Waals surface area (Å²) in [5, 5.41) is 2.84. The summed E-state index contributed by atoms with van der Waals surface area (Å²) in [6.45, 7) is 9.65. The number of nitrogen functional groups attached to an aromatic ring is 1. The number of nitrogens with one attached hydrogen (secondary N) is 1. The Labute approximate surface area is 163 Å². The first-order valence-electron chi connectivity index (χ1n) is 8.58. The Morgan fingerprint density at radius 2 is 1.89 bits per heavy atom. The molecule has 3 N–H and O–H groups in total. The zero-order valence-electron chi connectivity index (χ0n) is 16.1. The quantitative estimate of drug-likeness (QED) is 0.444. The number of rotatable bonds is 6. The molecule has 7 nitrogen and oxygen atoms in total. The fourth-order valence-corrected chi connectivity index (χ4v) is 3.36. The van der Waals surface area contributed by atoms with Crippen molar-refractivity contribution < 1.29 is 14.3 Å². The number of nitrogens with two attached hydrogens (primary N) is 1. The van der Waals surface area contributed by atoms with Gasteiger partial charge in [0.25, 0.3) is 0 Å². The average molecular weight is 388 g/mol. The number of aryl methyl sites for hydroxylation is 3. The van der Waals surface area contributed by atoms with Crippen LogP contribution in [0.2, 0.25) is 0 Å². The molecule has 2 aromatic rings. The third kappa shape index (κ3) is 5.19. The monoisotopic (exact) mass is 388 g/mol. The summed E-state index contributed by atoms with van der Waals surface area (Å²) < 4.78 is 4.90. The molecule has 0 radical (unpaired) electrons. The highest BCUT2D eigenvalue weighted by molar-refractivity contribution is 8.00. The van der Waals surface area contributed by atoms with Crippen LogP contribution in [0.25, 0.3) is 0 Å². The molecule has 0 aliphatic rings. The van der Waals surface area contributed by atoms with E-state index in [1.165, 1.54) is 18.0 Å². The van der Waals surface area contributed by atoms with Crippen LogP contribution < -0.4 is 11.1 Å². The van der Waals surface area contributed by atoms with Crippen LogP contribution in [0.15, 0.2) is 23.5 Å². The van der Waals surface area contributed by atoms with Crippen LogP contribution in [0.3, 0.4) is 0 Å². The van der Waals surface area contributed by atoms with E-state index in [9.17, 15) is 9.59 Å². The maximum atomic E-state index is 12.6. The van der Waals surface area contributed by atoms with Crippen LogP contribution in [-0.4, -0.2) is 33.7 Å². The van der Waals surface area contributed by atoms with Crippen LogP contribution in [0.1, 0.15) is 40.9 Å². The molecule has 0 saturated carbocycles. The molecule has 1 amide bonds. The van der Waals surface area contributed by atoms with Gasteiger partial charge in [-0.05, 0) is 45.7 Å². The zero-order valence-corrected chi connectivity index (χ0v) is 16.9. The van der Waals surface area contributed by atoms with Crippen molar-refractivity contribution in [2.45, 2.75) is 45.0 Å². The van der Waals surface area contributed by atoms with Crippen molar-refractivity contribution in [3.05, 3.63) is 40.6 Å². The van der Waals surface area contributed by atoms with E-state index < -0.39 is 11.2 Å². The molecular formula is C19H24N4O3S. The number of hydrogen-bond acceptors (Lipinski definition) is 7. The topological polar surface area (TPSA) is 107 Å². The molecule has 1 unspecified atom stereocenters. The van der Waals surface area contributed by atoms with E-state index in [0.29, 0.717) is 5.16 Å². The molecule has 0 bridgehead atoms. The van der Waals surface area contributed by atoms with E-state index in [0.717, 1.165) is 22.4 Å². The van der Waals surface area contributed by atoms with Crippen molar-refractivity contribution in [2.75, 3.05) is 17.7 Å². The lowest BCUT2D eigenvalue weighted by atomic mass is 10.1. The molecule has 1 aromatic carbocycles. The average Bonchev–Trinajstić information content (AvgIpc) is 2.58. The number of esters is 1. The van der Waals surface area contributed by atoms with Crippen molar-refractivity contribution >= 4 is 35.1 Å². The molecule has 0 fully saturated rings. The number of anilines is 2. The predicted octanol–water partition coefficient (Wildman–Crippen LogP) is 3.28. The lowest BCUT2D eigenvalue weighted by Gasteiger charge is -2.16. The number of carbonyl (C=O) groups excluding carboxylic acids is 2. The number of benzene rings is 1. The number of hydrogen-bond donors (Lipinski definition) is 2. The minimum atomic E-state index is -0.567. The molecule has 144 valence electrons. The fourth-order valence-electron chi connectivity index (χ4n) is 2.61. The Bertz CT molecular complexity index is 847. The number of carbonyl (C=O) groups is 2. The van der Waals surface area contributed by atoms with Gasteiger partial charge in [0.15, 0.2) is 5.16 Å². The molecule has 0 aliphatic heterocycles. The first-order chi connectivity index (χ1) is 12.7. The van der Waals surface area contributed by atoms with E-state index >= 15 is 0 Å². The minimum absolute atomic E-state index is 0.0313. The van der Waals surface area contributed by atoms with Gasteiger partial charge in [-0.2, -0.15) is 0 Å². The Morgan fingerprint density at radius 3 is 2.44 bits per heavy atom. The number of amides is 1. The molecule has 0 aliphatic carbocycles. The Hall–Kier alpha value is -2.61. The standard InChI is InChI=1S/C19H24N4O3S/c1-6-26-18(25)14-9-21-19(23-16(14)20)27-13(5)17(24)22-15-11(3)7-10(2)8-12(15)4/h7-9,13H,6H2,1-5H3,(H,22,24)(H2,20,21,23). The third-order valence-electron chi connectivity index (χ3n) is 3.87. The molecular weight excluding hydrogens is 364 g/mol. The summed E-state index contributed by atoms with van der Waals surface area (Å²) in [5.74, 6) is -0.696. The summed E-state index contributed by atoms with van der Waals surface area (Å²) in [6.07, 6.45) is 1.32. The first kappa shape index (κ1) is 20.7. The van der Waals surface area contributed by atoms with Crippen LogP contribution in [0.4, 0.5) is 11.5 Å². The van der Waals surface area contributed by atoms with E-state index in [1.54, 1.807) is 13.8 Å². The van der Waals surface area contributed by atoms with Gasteiger partial charge in [-0.3, -0.25) is 4.79 Å². The molecule has 1 heterocycles.